The summed E-state index contributed by atoms with van der Waals surface area (Å²) in [6.45, 7) is 1.90. The van der Waals surface area contributed by atoms with Crippen LogP contribution in [0.2, 0.25) is 0 Å². The highest BCUT2D eigenvalue weighted by molar-refractivity contribution is 6.15. The average molecular weight is 296 g/mol. The highest BCUT2D eigenvalue weighted by Gasteiger charge is 2.27. The Balaban J connectivity index is 2.15. The van der Waals surface area contributed by atoms with Crippen LogP contribution in [0.5, 0.6) is 0 Å². The van der Waals surface area contributed by atoms with Crippen LogP contribution in [0.25, 0.3) is 0 Å². The molecule has 0 radical (unpaired) electrons. The van der Waals surface area contributed by atoms with Crippen LogP contribution in [0, 0.1) is 30.0 Å². The van der Waals surface area contributed by atoms with Gasteiger partial charge in [0, 0.05) is 11.3 Å². The zero-order valence-corrected chi connectivity index (χ0v) is 11.8. The predicted molar refractivity (Wildman–Crippen MR) is 79.6 cm³/mol. The number of nitrogens with zero attached hydrogens (tertiary/aromatic N) is 1. The third kappa shape index (κ3) is 3.55. The van der Waals surface area contributed by atoms with Crippen molar-refractivity contribution in [3.63, 3.8) is 0 Å². The maximum Gasteiger partial charge on any atom is 0.249 e. The zero-order valence-electron chi connectivity index (χ0n) is 11.8. The fourth-order valence-electron chi connectivity index (χ4n) is 1.87. The predicted octanol–water partition coefficient (Wildman–Crippen LogP) is 3.10. The van der Waals surface area contributed by atoms with Crippen LogP contribution in [0.1, 0.15) is 15.9 Å². The maximum atomic E-state index is 12.9. The number of hydrogen-bond acceptors (Lipinski definition) is 3. The summed E-state index contributed by atoms with van der Waals surface area (Å²) in [5.41, 5.74) is 1.65. The molecular weight excluding hydrogens is 283 g/mol. The van der Waals surface area contributed by atoms with Gasteiger partial charge in [0.25, 0.3) is 0 Å². The lowest BCUT2D eigenvalue weighted by Gasteiger charge is -2.10. The van der Waals surface area contributed by atoms with E-state index in [-0.39, 0.29) is 5.56 Å². The Morgan fingerprint density at radius 2 is 1.68 bits per heavy atom. The van der Waals surface area contributed by atoms with Crippen LogP contribution >= 0.6 is 0 Å². The SMILES string of the molecule is Cc1ccc(NC(=O)C(C#N)C(=O)c2ccc(F)cc2)cc1. The van der Waals surface area contributed by atoms with Crippen molar-refractivity contribution in [3.05, 3.63) is 65.5 Å². The van der Waals surface area contributed by atoms with Gasteiger partial charge in [0.05, 0.1) is 6.07 Å². The summed E-state index contributed by atoms with van der Waals surface area (Å²) in [7, 11) is 0. The topological polar surface area (TPSA) is 70.0 Å². The number of ketones is 1. The van der Waals surface area contributed by atoms with Crippen LogP contribution in [-0.2, 0) is 4.79 Å². The number of carbonyl (C=O) groups is 2. The molecule has 2 aromatic carbocycles. The number of hydrogen-bond donors (Lipinski definition) is 1. The van der Waals surface area contributed by atoms with Gasteiger partial charge < -0.3 is 5.32 Å². The van der Waals surface area contributed by atoms with Gasteiger partial charge in [-0.1, -0.05) is 17.7 Å². The molecule has 0 aliphatic carbocycles. The number of Topliss-reactive ketones (excluding diaryl/α,β-unsaturated/α-hetero) is 1. The Bertz CT molecular complexity index is 731. The summed E-state index contributed by atoms with van der Waals surface area (Å²) in [6, 6.07) is 13.4. The number of nitrogens with one attached hydrogen (secondary N) is 1. The molecule has 0 saturated carbocycles. The third-order valence-electron chi connectivity index (χ3n) is 3.10. The van der Waals surface area contributed by atoms with Gasteiger partial charge in [0.1, 0.15) is 5.82 Å². The molecule has 0 bridgehead atoms. The molecule has 0 aliphatic heterocycles. The Hall–Kier alpha value is -3.00. The van der Waals surface area contributed by atoms with Crippen molar-refractivity contribution >= 4 is 17.4 Å². The van der Waals surface area contributed by atoms with Crippen LogP contribution in [0.4, 0.5) is 10.1 Å². The van der Waals surface area contributed by atoms with E-state index in [1.165, 1.54) is 12.1 Å². The van der Waals surface area contributed by atoms with Crippen LogP contribution in [0.3, 0.4) is 0 Å². The van der Waals surface area contributed by atoms with Crippen LogP contribution in [-0.4, -0.2) is 11.7 Å². The van der Waals surface area contributed by atoms with Gasteiger partial charge >= 0.3 is 0 Å². The second-order valence-electron chi connectivity index (χ2n) is 4.79. The van der Waals surface area contributed by atoms with Crippen LogP contribution < -0.4 is 5.32 Å². The van der Waals surface area contributed by atoms with E-state index in [2.05, 4.69) is 5.32 Å². The Morgan fingerprint density at radius 1 is 1.09 bits per heavy atom. The monoisotopic (exact) mass is 296 g/mol. The highest BCUT2D eigenvalue weighted by atomic mass is 19.1. The van der Waals surface area contributed by atoms with Crippen LogP contribution in [0.15, 0.2) is 48.5 Å². The zero-order chi connectivity index (χ0) is 16.1. The lowest BCUT2D eigenvalue weighted by molar-refractivity contribution is -0.117. The van der Waals surface area contributed by atoms with Crippen molar-refractivity contribution in [2.75, 3.05) is 5.32 Å². The summed E-state index contributed by atoms with van der Waals surface area (Å²) in [5.74, 6) is -3.34. The Kier molecular flexibility index (Phi) is 4.64. The van der Waals surface area contributed by atoms with Gasteiger partial charge in [0.15, 0.2) is 11.7 Å². The number of anilines is 1. The molecule has 1 unspecified atom stereocenters. The molecule has 1 N–H and O–H groups in total. The van der Waals surface area contributed by atoms with E-state index in [1.807, 2.05) is 6.92 Å². The molecule has 0 aliphatic rings. The molecule has 5 heteroatoms. The highest BCUT2D eigenvalue weighted by Crippen LogP contribution is 2.14. The summed E-state index contributed by atoms with van der Waals surface area (Å²) >= 11 is 0. The first kappa shape index (κ1) is 15.4. The first-order chi connectivity index (χ1) is 10.5. The Morgan fingerprint density at radius 3 is 2.23 bits per heavy atom. The van der Waals surface area contributed by atoms with Crippen molar-refractivity contribution in [1.29, 1.82) is 5.26 Å². The molecule has 4 nitrogen and oxygen atoms in total. The minimum atomic E-state index is -1.48. The minimum absolute atomic E-state index is 0.118. The van der Waals surface area contributed by atoms with Gasteiger partial charge in [-0.05, 0) is 43.3 Å². The first-order valence-corrected chi connectivity index (χ1v) is 6.58. The maximum absolute atomic E-state index is 12.9. The molecular formula is C17H13FN2O2. The second-order valence-corrected chi connectivity index (χ2v) is 4.79. The summed E-state index contributed by atoms with van der Waals surface area (Å²) in [5, 5.41) is 11.6. The molecule has 1 amide bonds. The molecule has 0 spiro atoms. The number of carbonyl (C=O) groups excluding carboxylic acids is 2. The second kappa shape index (κ2) is 6.64. The van der Waals surface area contributed by atoms with Gasteiger partial charge in [0.2, 0.25) is 5.91 Å². The third-order valence-corrected chi connectivity index (χ3v) is 3.10. The lowest BCUT2D eigenvalue weighted by Crippen LogP contribution is -2.28. The van der Waals surface area contributed by atoms with E-state index >= 15 is 0 Å². The van der Waals surface area contributed by atoms with Gasteiger partial charge in [-0.3, -0.25) is 9.59 Å². The van der Waals surface area contributed by atoms with E-state index in [4.69, 9.17) is 5.26 Å². The molecule has 1 atom stereocenters. The van der Waals surface area contributed by atoms with E-state index in [0.717, 1.165) is 17.7 Å². The van der Waals surface area contributed by atoms with E-state index < -0.39 is 23.4 Å². The number of halogens is 1. The first-order valence-electron chi connectivity index (χ1n) is 6.58. The molecule has 22 heavy (non-hydrogen) atoms. The standard InChI is InChI=1S/C17H13FN2O2/c1-11-2-8-14(9-3-11)20-17(22)15(10-19)16(21)12-4-6-13(18)7-5-12/h2-9,15H,1H3,(H,20,22). The molecule has 0 aromatic heterocycles. The molecule has 0 fully saturated rings. The average Bonchev–Trinajstić information content (AvgIpc) is 2.51. The summed E-state index contributed by atoms with van der Waals surface area (Å²) in [4.78, 5) is 24.2. The quantitative estimate of drug-likeness (QED) is 0.696. The largest absolute Gasteiger partial charge is 0.325 e. The minimum Gasteiger partial charge on any atom is -0.325 e. The fourth-order valence-corrected chi connectivity index (χ4v) is 1.87. The molecule has 2 rings (SSSR count). The van der Waals surface area contributed by atoms with E-state index in [0.29, 0.717) is 5.69 Å². The van der Waals surface area contributed by atoms with Gasteiger partial charge in [-0.25, -0.2) is 4.39 Å². The van der Waals surface area contributed by atoms with E-state index in [9.17, 15) is 14.0 Å². The molecule has 0 heterocycles. The van der Waals surface area contributed by atoms with Crippen molar-refractivity contribution in [2.45, 2.75) is 6.92 Å². The number of rotatable bonds is 4. The number of aryl methyl sites for hydroxylation is 1. The van der Waals surface area contributed by atoms with E-state index in [1.54, 1.807) is 30.3 Å². The molecule has 110 valence electrons. The number of benzene rings is 2. The Labute approximate surface area is 127 Å². The van der Waals surface area contributed by atoms with Gasteiger partial charge in [-0.2, -0.15) is 5.26 Å². The fraction of sp³-hybridized carbons (Fsp3) is 0.118. The summed E-state index contributed by atoms with van der Waals surface area (Å²) in [6.07, 6.45) is 0. The number of nitriles is 1. The van der Waals surface area contributed by atoms with Crippen molar-refractivity contribution < 1.29 is 14.0 Å². The smallest absolute Gasteiger partial charge is 0.249 e. The molecule has 0 saturated heterocycles. The number of amides is 1. The van der Waals surface area contributed by atoms with Crippen molar-refractivity contribution in [1.82, 2.24) is 0 Å². The lowest BCUT2D eigenvalue weighted by atomic mass is 9.98. The molecule has 2 aromatic rings. The van der Waals surface area contributed by atoms with Gasteiger partial charge in [-0.15, -0.1) is 0 Å². The van der Waals surface area contributed by atoms with Crippen molar-refractivity contribution in [3.8, 4) is 6.07 Å². The summed E-state index contributed by atoms with van der Waals surface area (Å²) < 4.78 is 12.9. The van der Waals surface area contributed by atoms with Crippen molar-refractivity contribution in [2.24, 2.45) is 5.92 Å². The normalized spacial score (nSPS) is 11.3.